The molecular weight excluding hydrogens is 472 g/mol. The average molecular weight is 499 g/mol. The van der Waals surface area contributed by atoms with Crippen LogP contribution in [0.2, 0.25) is 0 Å². The minimum atomic E-state index is -1.69. The van der Waals surface area contributed by atoms with Gasteiger partial charge in [0.2, 0.25) is 5.91 Å². The maximum absolute atomic E-state index is 13.5. The van der Waals surface area contributed by atoms with Gasteiger partial charge in [-0.3, -0.25) is 9.59 Å². The van der Waals surface area contributed by atoms with Gasteiger partial charge in [0.05, 0.1) is 12.2 Å². The first-order valence-corrected chi connectivity index (χ1v) is 11.7. The molecule has 0 bridgehead atoms. The molecular formula is C25H27BrN2O4. The summed E-state index contributed by atoms with van der Waals surface area (Å²) in [6.07, 6.45) is 5.49. The van der Waals surface area contributed by atoms with E-state index >= 15 is 0 Å². The second-order valence-corrected chi connectivity index (χ2v) is 9.28. The van der Waals surface area contributed by atoms with Crippen molar-refractivity contribution in [3.05, 3.63) is 70.2 Å². The molecule has 2 aromatic carbocycles. The smallest absolute Gasteiger partial charge is 0.264 e. The predicted molar refractivity (Wildman–Crippen MR) is 127 cm³/mol. The monoisotopic (exact) mass is 498 g/mol. The number of amides is 2. The molecule has 6 nitrogen and oxygen atoms in total. The van der Waals surface area contributed by atoms with E-state index in [1.54, 1.807) is 28.0 Å². The Morgan fingerprint density at radius 3 is 2.59 bits per heavy atom. The third-order valence-corrected chi connectivity index (χ3v) is 6.77. The Balaban J connectivity index is 1.62. The van der Waals surface area contributed by atoms with E-state index in [1.165, 1.54) is 0 Å². The number of halogens is 1. The lowest BCUT2D eigenvalue weighted by Crippen LogP contribution is -2.44. The largest absolute Gasteiger partial charge is 0.396 e. The number of carbonyl (C=O) groups excluding carboxylic acids is 2. The van der Waals surface area contributed by atoms with Crippen LogP contribution in [0.3, 0.4) is 0 Å². The van der Waals surface area contributed by atoms with E-state index in [9.17, 15) is 14.7 Å². The third-order valence-electron chi connectivity index (χ3n) is 6.27. The highest BCUT2D eigenvalue weighted by Gasteiger charge is 2.52. The first kappa shape index (κ1) is 22.7. The number of nitrogens with zero attached hydrogens (tertiary/aromatic N) is 2. The van der Waals surface area contributed by atoms with Crippen LogP contribution in [0.4, 0.5) is 11.4 Å². The number of aliphatic hydroxyl groups is 2. The number of hydrogen-bond acceptors (Lipinski definition) is 4. The molecule has 2 aromatic rings. The number of anilines is 2. The van der Waals surface area contributed by atoms with Crippen LogP contribution in [-0.4, -0.2) is 35.2 Å². The Morgan fingerprint density at radius 1 is 1.19 bits per heavy atom. The van der Waals surface area contributed by atoms with Crippen molar-refractivity contribution in [3.8, 4) is 0 Å². The molecule has 32 heavy (non-hydrogen) atoms. The summed E-state index contributed by atoms with van der Waals surface area (Å²) in [6, 6.07) is 13.2. The number of aliphatic hydroxyl groups excluding tert-OH is 1. The van der Waals surface area contributed by atoms with Gasteiger partial charge in [-0.1, -0.05) is 47.1 Å². The highest BCUT2D eigenvalue weighted by Crippen LogP contribution is 2.46. The molecule has 2 atom stereocenters. The Kier molecular flexibility index (Phi) is 6.51. The summed E-state index contributed by atoms with van der Waals surface area (Å²) < 4.78 is 0.787. The van der Waals surface area contributed by atoms with E-state index in [4.69, 9.17) is 5.11 Å². The summed E-state index contributed by atoms with van der Waals surface area (Å²) in [6.45, 7) is 2.88. The van der Waals surface area contributed by atoms with Crippen LogP contribution in [0.1, 0.15) is 37.3 Å². The van der Waals surface area contributed by atoms with Gasteiger partial charge in [0.25, 0.3) is 5.91 Å². The van der Waals surface area contributed by atoms with Crippen molar-refractivity contribution >= 4 is 39.1 Å². The van der Waals surface area contributed by atoms with Crippen molar-refractivity contribution < 1.29 is 19.8 Å². The standard InChI is InChI=1S/C25H27BrN2O4/c1-17(5-2-3-14-29)25(32)21-15-19(26)9-12-22(21)28(24(25)31)16-18-7-10-20(11-8-18)27-13-4-6-23(27)30/h2,5,7-12,15,17,29,32H,3-4,6,13-14,16H2,1H3/b5-2+/t17-,25+/m0/s1. The van der Waals surface area contributed by atoms with Crippen molar-refractivity contribution in [2.45, 2.75) is 38.3 Å². The Labute approximate surface area is 196 Å². The van der Waals surface area contributed by atoms with Crippen LogP contribution >= 0.6 is 15.9 Å². The number of fused-ring (bicyclic) bond motifs is 1. The fourth-order valence-electron chi connectivity index (χ4n) is 4.48. The van der Waals surface area contributed by atoms with Gasteiger partial charge in [-0.25, -0.2) is 0 Å². The zero-order valence-electron chi connectivity index (χ0n) is 18.0. The molecule has 2 aliphatic heterocycles. The molecule has 2 heterocycles. The molecule has 0 aliphatic carbocycles. The third kappa shape index (κ3) is 4.00. The molecule has 0 unspecified atom stereocenters. The second-order valence-electron chi connectivity index (χ2n) is 8.36. The molecule has 168 valence electrons. The lowest BCUT2D eigenvalue weighted by molar-refractivity contribution is -0.139. The SMILES string of the molecule is C[C@@H](/C=C/CCO)[C@]1(O)C(=O)N(Cc2ccc(N3CCCC3=O)cc2)c2ccc(Br)cc21. The molecule has 0 radical (unpaired) electrons. The summed E-state index contributed by atoms with van der Waals surface area (Å²) in [5.41, 5.74) is 1.34. The summed E-state index contributed by atoms with van der Waals surface area (Å²) >= 11 is 3.46. The van der Waals surface area contributed by atoms with Gasteiger partial charge < -0.3 is 20.0 Å². The van der Waals surface area contributed by atoms with Crippen molar-refractivity contribution in [1.82, 2.24) is 0 Å². The van der Waals surface area contributed by atoms with Gasteiger partial charge in [-0.2, -0.15) is 0 Å². The molecule has 2 amide bonds. The van der Waals surface area contributed by atoms with E-state index in [0.29, 0.717) is 30.6 Å². The van der Waals surface area contributed by atoms with Gasteiger partial charge in [-0.15, -0.1) is 0 Å². The van der Waals surface area contributed by atoms with E-state index in [-0.39, 0.29) is 18.4 Å². The molecule has 1 fully saturated rings. The molecule has 1 saturated heterocycles. The van der Waals surface area contributed by atoms with Crippen LogP contribution in [0, 0.1) is 5.92 Å². The van der Waals surface area contributed by atoms with Gasteiger partial charge in [-0.05, 0) is 48.7 Å². The zero-order chi connectivity index (χ0) is 22.9. The number of hydrogen-bond donors (Lipinski definition) is 2. The lowest BCUT2D eigenvalue weighted by atomic mass is 9.83. The minimum absolute atomic E-state index is 0.0167. The molecule has 2 N–H and O–H groups in total. The maximum atomic E-state index is 13.5. The summed E-state index contributed by atoms with van der Waals surface area (Å²) in [5.74, 6) is -0.700. The summed E-state index contributed by atoms with van der Waals surface area (Å²) in [7, 11) is 0. The molecule has 0 spiro atoms. The van der Waals surface area contributed by atoms with Crippen molar-refractivity contribution in [3.63, 3.8) is 0 Å². The zero-order valence-corrected chi connectivity index (χ0v) is 19.6. The Hall–Kier alpha value is -2.48. The topological polar surface area (TPSA) is 81.1 Å². The Bertz CT molecular complexity index is 1050. The molecule has 0 saturated carbocycles. The van der Waals surface area contributed by atoms with Crippen LogP contribution in [0.25, 0.3) is 0 Å². The number of benzene rings is 2. The molecule has 0 aromatic heterocycles. The molecule has 7 heteroatoms. The summed E-state index contributed by atoms with van der Waals surface area (Å²) in [4.78, 5) is 28.9. The highest BCUT2D eigenvalue weighted by atomic mass is 79.9. The summed E-state index contributed by atoms with van der Waals surface area (Å²) in [5, 5.41) is 20.6. The van der Waals surface area contributed by atoms with Gasteiger partial charge in [0, 0.05) is 41.2 Å². The van der Waals surface area contributed by atoms with Crippen molar-refractivity contribution in [2.24, 2.45) is 5.92 Å². The van der Waals surface area contributed by atoms with E-state index in [1.807, 2.05) is 43.3 Å². The number of rotatable bonds is 7. The van der Waals surface area contributed by atoms with Crippen LogP contribution in [0.5, 0.6) is 0 Å². The predicted octanol–water partition coefficient (Wildman–Crippen LogP) is 3.89. The highest BCUT2D eigenvalue weighted by molar-refractivity contribution is 9.10. The van der Waals surface area contributed by atoms with Gasteiger partial charge in [0.15, 0.2) is 5.60 Å². The second kappa shape index (κ2) is 9.17. The fourth-order valence-corrected chi connectivity index (χ4v) is 4.84. The van der Waals surface area contributed by atoms with Crippen LogP contribution < -0.4 is 9.80 Å². The quantitative estimate of drug-likeness (QED) is 0.567. The maximum Gasteiger partial charge on any atom is 0.264 e. The van der Waals surface area contributed by atoms with Crippen LogP contribution in [0.15, 0.2) is 59.1 Å². The van der Waals surface area contributed by atoms with Crippen molar-refractivity contribution in [2.75, 3.05) is 23.0 Å². The van der Waals surface area contributed by atoms with Crippen LogP contribution in [-0.2, 0) is 21.7 Å². The van der Waals surface area contributed by atoms with Crippen molar-refractivity contribution in [1.29, 1.82) is 0 Å². The van der Waals surface area contributed by atoms with Gasteiger partial charge in [0.1, 0.15) is 0 Å². The van der Waals surface area contributed by atoms with E-state index in [0.717, 1.165) is 28.7 Å². The van der Waals surface area contributed by atoms with E-state index in [2.05, 4.69) is 15.9 Å². The minimum Gasteiger partial charge on any atom is -0.396 e. The fraction of sp³-hybridized carbons (Fsp3) is 0.360. The van der Waals surface area contributed by atoms with Gasteiger partial charge >= 0.3 is 0 Å². The number of carbonyl (C=O) groups is 2. The van der Waals surface area contributed by atoms with E-state index < -0.39 is 11.5 Å². The molecule has 2 aliphatic rings. The first-order chi connectivity index (χ1) is 15.4. The Morgan fingerprint density at radius 2 is 1.94 bits per heavy atom. The lowest BCUT2D eigenvalue weighted by Gasteiger charge is -2.28. The first-order valence-electron chi connectivity index (χ1n) is 10.9. The molecule has 4 rings (SSSR count). The average Bonchev–Trinajstić information content (AvgIpc) is 3.30. The normalized spacial score (nSPS) is 21.6.